The van der Waals surface area contributed by atoms with Gasteiger partial charge in [-0.3, -0.25) is 4.79 Å². The average molecular weight is 472 g/mol. The smallest absolute Gasteiger partial charge is 0.357 e. The molecule has 0 unspecified atom stereocenters. The highest BCUT2D eigenvalue weighted by Crippen LogP contribution is 2.23. The molecule has 4 aromatic rings. The number of aryl methyl sites for hydroxylation is 1. The Morgan fingerprint density at radius 2 is 1.57 bits per heavy atom. The van der Waals surface area contributed by atoms with Crippen LogP contribution < -0.4 is 0 Å². The molecule has 8 nitrogen and oxygen atoms in total. The van der Waals surface area contributed by atoms with E-state index in [1.165, 1.54) is 4.68 Å². The van der Waals surface area contributed by atoms with Crippen molar-refractivity contribution >= 4 is 17.7 Å². The van der Waals surface area contributed by atoms with Crippen LogP contribution in [0.15, 0.2) is 66.7 Å². The summed E-state index contributed by atoms with van der Waals surface area (Å²) in [5.41, 5.74) is 3.82. The molecule has 0 aliphatic carbocycles. The highest BCUT2D eigenvalue weighted by atomic mass is 16.5. The monoisotopic (exact) mass is 471 g/mol. The van der Waals surface area contributed by atoms with Crippen LogP contribution in [0.5, 0.6) is 0 Å². The van der Waals surface area contributed by atoms with Gasteiger partial charge in [0, 0.05) is 11.3 Å². The second-order valence-corrected chi connectivity index (χ2v) is 7.87. The summed E-state index contributed by atoms with van der Waals surface area (Å²) in [7, 11) is 0. The fraction of sp³-hybridized carbons (Fsp3) is 0.185. The maximum atomic E-state index is 13.1. The first kappa shape index (κ1) is 23.7. The van der Waals surface area contributed by atoms with Gasteiger partial charge in [0.2, 0.25) is 5.78 Å². The summed E-state index contributed by atoms with van der Waals surface area (Å²) in [5.74, 6) is -1.65. The van der Waals surface area contributed by atoms with Gasteiger partial charge in [-0.1, -0.05) is 48.5 Å². The third-order valence-corrected chi connectivity index (χ3v) is 5.52. The number of H-pyrrole nitrogens is 1. The van der Waals surface area contributed by atoms with E-state index in [4.69, 9.17) is 9.47 Å². The van der Waals surface area contributed by atoms with Crippen molar-refractivity contribution in [3.63, 3.8) is 0 Å². The lowest BCUT2D eigenvalue weighted by Gasteiger charge is -2.07. The molecule has 0 fully saturated rings. The number of nitrogens with one attached hydrogen (secondary N) is 1. The molecule has 8 heteroatoms. The summed E-state index contributed by atoms with van der Waals surface area (Å²) in [5, 5.41) is 4.60. The normalized spacial score (nSPS) is 10.7. The number of rotatable bonds is 8. The van der Waals surface area contributed by atoms with Crippen molar-refractivity contribution in [2.75, 3.05) is 13.2 Å². The van der Waals surface area contributed by atoms with E-state index >= 15 is 0 Å². The molecule has 178 valence electrons. The average Bonchev–Trinajstić information content (AvgIpc) is 3.45. The molecule has 2 heterocycles. The maximum Gasteiger partial charge on any atom is 0.357 e. The first-order valence-corrected chi connectivity index (χ1v) is 11.2. The first-order chi connectivity index (χ1) is 16.9. The van der Waals surface area contributed by atoms with Crippen LogP contribution in [0.4, 0.5) is 0 Å². The van der Waals surface area contributed by atoms with E-state index in [-0.39, 0.29) is 18.0 Å². The number of aromatic amines is 1. The zero-order valence-corrected chi connectivity index (χ0v) is 19.7. The van der Waals surface area contributed by atoms with Crippen molar-refractivity contribution in [3.8, 4) is 16.9 Å². The van der Waals surface area contributed by atoms with Crippen molar-refractivity contribution in [1.82, 2.24) is 14.8 Å². The molecule has 4 rings (SSSR count). The van der Waals surface area contributed by atoms with E-state index in [0.717, 1.165) is 5.56 Å². The zero-order chi connectivity index (χ0) is 24.9. The van der Waals surface area contributed by atoms with E-state index in [0.29, 0.717) is 28.2 Å². The Bertz CT molecular complexity index is 1370. The quantitative estimate of drug-likeness (QED) is 0.295. The predicted octanol–water partition coefficient (Wildman–Crippen LogP) is 4.70. The number of benzene rings is 2. The summed E-state index contributed by atoms with van der Waals surface area (Å²) < 4.78 is 11.9. The van der Waals surface area contributed by atoms with Crippen LogP contribution in [0.1, 0.15) is 49.5 Å². The van der Waals surface area contributed by atoms with Crippen LogP contribution in [0, 0.1) is 13.8 Å². The molecule has 0 radical (unpaired) electrons. The topological polar surface area (TPSA) is 103 Å². The first-order valence-electron chi connectivity index (χ1n) is 11.2. The summed E-state index contributed by atoms with van der Waals surface area (Å²) in [4.78, 5) is 41.0. The number of nitrogens with zero attached hydrogens (tertiary/aromatic N) is 2. The van der Waals surface area contributed by atoms with E-state index in [2.05, 4.69) is 10.1 Å². The minimum Gasteiger partial charge on any atom is -0.462 e. The number of hydrogen-bond acceptors (Lipinski definition) is 6. The molecule has 0 atom stereocenters. The van der Waals surface area contributed by atoms with Crippen molar-refractivity contribution in [1.29, 1.82) is 0 Å². The van der Waals surface area contributed by atoms with Crippen LogP contribution in [-0.4, -0.2) is 45.7 Å². The van der Waals surface area contributed by atoms with Crippen molar-refractivity contribution < 1.29 is 23.9 Å². The number of Topliss-reactive ketones (excluding diaryl/α,β-unsaturated/α-hetero) is 1. The third-order valence-electron chi connectivity index (χ3n) is 5.52. The van der Waals surface area contributed by atoms with Gasteiger partial charge in [-0.25, -0.2) is 14.3 Å². The Balaban J connectivity index is 1.58. The molecule has 35 heavy (non-hydrogen) atoms. The molecule has 2 aromatic carbocycles. The highest BCUT2D eigenvalue weighted by molar-refractivity contribution is 6.03. The number of hydrogen-bond donors (Lipinski definition) is 1. The van der Waals surface area contributed by atoms with Gasteiger partial charge < -0.3 is 14.5 Å². The Morgan fingerprint density at radius 1 is 0.914 bits per heavy atom. The molecular formula is C27H25N3O5. The Kier molecular flexibility index (Phi) is 6.91. The SMILES string of the molecule is CCOC(=O)c1c(C)[nH]c(C(=O)COC(=O)c2cc(-c3ccccc3)nn2-c2ccccc2)c1C. The number of carbonyl (C=O) groups is 3. The minimum atomic E-state index is -0.691. The van der Waals surface area contributed by atoms with Gasteiger partial charge in [-0.15, -0.1) is 0 Å². The number of para-hydroxylation sites is 1. The van der Waals surface area contributed by atoms with Crippen molar-refractivity contribution in [2.45, 2.75) is 20.8 Å². The lowest BCUT2D eigenvalue weighted by molar-refractivity contribution is 0.0463. The van der Waals surface area contributed by atoms with E-state index in [1.807, 2.05) is 60.7 Å². The van der Waals surface area contributed by atoms with E-state index < -0.39 is 24.3 Å². The lowest BCUT2D eigenvalue weighted by atomic mass is 10.1. The highest BCUT2D eigenvalue weighted by Gasteiger charge is 2.25. The fourth-order valence-corrected chi connectivity index (χ4v) is 3.86. The molecule has 0 aliphatic heterocycles. The van der Waals surface area contributed by atoms with Crippen LogP contribution in [0.25, 0.3) is 16.9 Å². The molecular weight excluding hydrogens is 446 g/mol. The molecule has 0 saturated heterocycles. The summed E-state index contributed by atoms with van der Waals surface area (Å²) >= 11 is 0. The predicted molar refractivity (Wildman–Crippen MR) is 130 cm³/mol. The number of carbonyl (C=O) groups excluding carboxylic acids is 3. The van der Waals surface area contributed by atoms with Crippen LogP contribution in [0.2, 0.25) is 0 Å². The van der Waals surface area contributed by atoms with Gasteiger partial charge >= 0.3 is 11.9 Å². The standard InChI is InChI=1S/C27H25N3O5/c1-4-34-27(33)24-17(2)25(28-18(24)3)23(31)16-35-26(32)22-15-21(19-11-7-5-8-12-19)29-30(22)20-13-9-6-10-14-20/h5-15,28H,4,16H2,1-3H3. The number of esters is 2. The summed E-state index contributed by atoms with van der Waals surface area (Å²) in [6.45, 7) is 4.78. The molecule has 2 aromatic heterocycles. The van der Waals surface area contributed by atoms with Crippen LogP contribution in [-0.2, 0) is 9.47 Å². The van der Waals surface area contributed by atoms with Gasteiger partial charge in [0.25, 0.3) is 0 Å². The van der Waals surface area contributed by atoms with Gasteiger partial charge in [-0.05, 0) is 44.5 Å². The second kappa shape index (κ2) is 10.2. The van der Waals surface area contributed by atoms with Gasteiger partial charge in [0.15, 0.2) is 12.3 Å². The lowest BCUT2D eigenvalue weighted by Crippen LogP contribution is -2.18. The third kappa shape index (κ3) is 4.91. The van der Waals surface area contributed by atoms with Crippen molar-refractivity contribution in [3.05, 3.63) is 94.9 Å². The summed E-state index contributed by atoms with van der Waals surface area (Å²) in [6, 6.07) is 20.3. The molecule has 0 aliphatic rings. The second-order valence-electron chi connectivity index (χ2n) is 7.87. The number of ketones is 1. The fourth-order valence-electron chi connectivity index (χ4n) is 3.86. The van der Waals surface area contributed by atoms with Gasteiger partial charge in [0.05, 0.1) is 29.2 Å². The van der Waals surface area contributed by atoms with E-state index in [9.17, 15) is 14.4 Å². The van der Waals surface area contributed by atoms with Crippen LogP contribution >= 0.6 is 0 Å². The Hall–Kier alpha value is -4.46. The molecule has 0 spiro atoms. The zero-order valence-electron chi connectivity index (χ0n) is 19.7. The van der Waals surface area contributed by atoms with E-state index in [1.54, 1.807) is 26.8 Å². The molecule has 0 amide bonds. The maximum absolute atomic E-state index is 13.1. The molecule has 1 N–H and O–H groups in total. The largest absolute Gasteiger partial charge is 0.462 e. The Labute approximate surface area is 202 Å². The van der Waals surface area contributed by atoms with Crippen LogP contribution in [0.3, 0.4) is 0 Å². The number of aromatic nitrogens is 3. The van der Waals surface area contributed by atoms with Gasteiger partial charge in [0.1, 0.15) is 0 Å². The molecule has 0 saturated carbocycles. The number of ether oxygens (including phenoxy) is 2. The van der Waals surface area contributed by atoms with Gasteiger partial charge in [-0.2, -0.15) is 5.10 Å². The van der Waals surface area contributed by atoms with Crippen molar-refractivity contribution in [2.24, 2.45) is 0 Å². The minimum absolute atomic E-state index is 0.189. The molecule has 0 bridgehead atoms. The Morgan fingerprint density at radius 3 is 2.23 bits per heavy atom. The summed E-state index contributed by atoms with van der Waals surface area (Å²) in [6.07, 6.45) is 0.